The Morgan fingerprint density at radius 1 is 1.24 bits per heavy atom. The number of nitrogens with two attached hydrogens (primary N) is 1. The standard InChI is InChI=1S/C17H29N3O/c1-4-9-14(12-18)17(21)19-16-11-8-7-10-15(16)13-20(5-2)6-3/h7-8,10-11,14H,4-6,9,12-13,18H2,1-3H3,(H,19,21). The van der Waals surface area contributed by atoms with Crippen LogP contribution in [0.3, 0.4) is 0 Å². The van der Waals surface area contributed by atoms with Crippen LogP contribution < -0.4 is 11.1 Å². The number of benzene rings is 1. The predicted molar refractivity (Wildman–Crippen MR) is 89.1 cm³/mol. The van der Waals surface area contributed by atoms with Crippen LogP contribution in [0.25, 0.3) is 0 Å². The highest BCUT2D eigenvalue weighted by atomic mass is 16.1. The van der Waals surface area contributed by atoms with Crippen molar-refractivity contribution in [2.75, 3.05) is 25.0 Å². The van der Waals surface area contributed by atoms with Crippen LogP contribution in [-0.2, 0) is 11.3 Å². The van der Waals surface area contributed by atoms with Gasteiger partial charge in [0.1, 0.15) is 0 Å². The molecule has 1 aromatic rings. The van der Waals surface area contributed by atoms with E-state index in [0.717, 1.165) is 43.7 Å². The quantitative estimate of drug-likeness (QED) is 0.735. The number of nitrogens with one attached hydrogen (secondary N) is 1. The second kappa shape index (κ2) is 9.53. The predicted octanol–water partition coefficient (Wildman–Crippen LogP) is 2.84. The number of carbonyl (C=O) groups is 1. The molecule has 0 aliphatic heterocycles. The molecule has 0 aliphatic rings. The highest BCUT2D eigenvalue weighted by Crippen LogP contribution is 2.19. The van der Waals surface area contributed by atoms with E-state index < -0.39 is 0 Å². The first-order valence-electron chi connectivity index (χ1n) is 7.97. The molecule has 0 radical (unpaired) electrons. The Labute approximate surface area is 128 Å². The van der Waals surface area contributed by atoms with Crippen LogP contribution in [0.15, 0.2) is 24.3 Å². The number of hydrogen-bond donors (Lipinski definition) is 2. The van der Waals surface area contributed by atoms with Gasteiger partial charge >= 0.3 is 0 Å². The molecule has 1 unspecified atom stereocenters. The lowest BCUT2D eigenvalue weighted by atomic mass is 10.0. The molecule has 0 saturated carbocycles. The van der Waals surface area contributed by atoms with Gasteiger partial charge in [-0.3, -0.25) is 9.69 Å². The minimum atomic E-state index is -0.100. The SMILES string of the molecule is CCCC(CN)C(=O)Nc1ccccc1CN(CC)CC. The summed E-state index contributed by atoms with van der Waals surface area (Å²) < 4.78 is 0. The molecule has 1 atom stereocenters. The van der Waals surface area contributed by atoms with Gasteiger partial charge in [-0.15, -0.1) is 0 Å². The van der Waals surface area contributed by atoms with Crippen LogP contribution in [0.1, 0.15) is 39.2 Å². The van der Waals surface area contributed by atoms with Crippen molar-refractivity contribution in [2.24, 2.45) is 11.7 Å². The molecule has 0 fully saturated rings. The third kappa shape index (κ3) is 5.48. The van der Waals surface area contributed by atoms with Crippen molar-refractivity contribution in [3.8, 4) is 0 Å². The summed E-state index contributed by atoms with van der Waals surface area (Å²) in [4.78, 5) is 14.6. The normalized spacial score (nSPS) is 12.4. The van der Waals surface area contributed by atoms with E-state index in [-0.39, 0.29) is 11.8 Å². The Morgan fingerprint density at radius 3 is 2.48 bits per heavy atom. The zero-order valence-corrected chi connectivity index (χ0v) is 13.6. The van der Waals surface area contributed by atoms with Crippen molar-refractivity contribution < 1.29 is 4.79 Å². The minimum absolute atomic E-state index is 0.0337. The van der Waals surface area contributed by atoms with Crippen molar-refractivity contribution in [1.29, 1.82) is 0 Å². The van der Waals surface area contributed by atoms with Crippen LogP contribution in [0.2, 0.25) is 0 Å². The van der Waals surface area contributed by atoms with E-state index in [4.69, 9.17) is 5.73 Å². The van der Waals surface area contributed by atoms with E-state index in [1.807, 2.05) is 18.2 Å². The molecule has 0 spiro atoms. The van der Waals surface area contributed by atoms with E-state index in [1.54, 1.807) is 0 Å². The van der Waals surface area contributed by atoms with Crippen LogP contribution in [0.4, 0.5) is 5.69 Å². The number of nitrogens with zero attached hydrogens (tertiary/aromatic N) is 1. The van der Waals surface area contributed by atoms with Gasteiger partial charge in [0.05, 0.1) is 5.92 Å². The van der Waals surface area contributed by atoms with Crippen molar-refractivity contribution in [1.82, 2.24) is 4.90 Å². The lowest BCUT2D eigenvalue weighted by Crippen LogP contribution is -2.30. The topological polar surface area (TPSA) is 58.4 Å². The molecule has 118 valence electrons. The van der Waals surface area contributed by atoms with Gasteiger partial charge in [0, 0.05) is 18.8 Å². The van der Waals surface area contributed by atoms with E-state index in [9.17, 15) is 4.79 Å². The number of rotatable bonds is 9. The third-order valence-electron chi connectivity index (χ3n) is 3.86. The summed E-state index contributed by atoms with van der Waals surface area (Å²) in [6.45, 7) is 9.62. The van der Waals surface area contributed by atoms with Gasteiger partial charge in [0.2, 0.25) is 5.91 Å². The number of anilines is 1. The Bertz CT molecular complexity index is 430. The van der Waals surface area contributed by atoms with E-state index in [2.05, 4.69) is 37.1 Å². The maximum atomic E-state index is 12.3. The first-order valence-corrected chi connectivity index (χ1v) is 7.97. The average Bonchev–Trinajstić information content (AvgIpc) is 2.51. The van der Waals surface area contributed by atoms with E-state index in [1.165, 1.54) is 0 Å². The van der Waals surface area contributed by atoms with Gasteiger partial charge in [-0.2, -0.15) is 0 Å². The van der Waals surface area contributed by atoms with Gasteiger partial charge in [-0.1, -0.05) is 45.4 Å². The smallest absolute Gasteiger partial charge is 0.228 e. The molecule has 0 saturated heterocycles. The maximum absolute atomic E-state index is 12.3. The molecule has 0 aliphatic carbocycles. The van der Waals surface area contributed by atoms with Crippen molar-refractivity contribution in [3.63, 3.8) is 0 Å². The molecule has 0 aromatic heterocycles. The zero-order chi connectivity index (χ0) is 15.7. The molecular formula is C17H29N3O. The summed E-state index contributed by atoms with van der Waals surface area (Å²) >= 11 is 0. The Balaban J connectivity index is 2.80. The fraction of sp³-hybridized carbons (Fsp3) is 0.588. The van der Waals surface area contributed by atoms with Crippen LogP contribution >= 0.6 is 0 Å². The first-order chi connectivity index (χ1) is 10.2. The summed E-state index contributed by atoms with van der Waals surface area (Å²) in [5.41, 5.74) is 7.77. The van der Waals surface area contributed by atoms with Crippen molar-refractivity contribution >= 4 is 11.6 Å². The van der Waals surface area contributed by atoms with Gasteiger partial charge in [-0.05, 0) is 31.1 Å². The van der Waals surface area contributed by atoms with Gasteiger partial charge in [0.15, 0.2) is 0 Å². The van der Waals surface area contributed by atoms with Crippen molar-refractivity contribution in [2.45, 2.75) is 40.2 Å². The third-order valence-corrected chi connectivity index (χ3v) is 3.86. The largest absolute Gasteiger partial charge is 0.330 e. The summed E-state index contributed by atoms with van der Waals surface area (Å²) in [6.07, 6.45) is 1.80. The Morgan fingerprint density at radius 2 is 1.90 bits per heavy atom. The molecule has 4 nitrogen and oxygen atoms in total. The zero-order valence-electron chi connectivity index (χ0n) is 13.6. The number of para-hydroxylation sites is 1. The lowest BCUT2D eigenvalue weighted by Gasteiger charge is -2.21. The number of amides is 1. The molecule has 1 aromatic carbocycles. The Hall–Kier alpha value is -1.39. The molecule has 0 bridgehead atoms. The fourth-order valence-corrected chi connectivity index (χ4v) is 2.41. The van der Waals surface area contributed by atoms with E-state index in [0.29, 0.717) is 6.54 Å². The molecule has 4 heteroatoms. The molecule has 3 N–H and O–H groups in total. The molecule has 1 rings (SSSR count). The van der Waals surface area contributed by atoms with Crippen molar-refractivity contribution in [3.05, 3.63) is 29.8 Å². The van der Waals surface area contributed by atoms with Gasteiger partial charge in [-0.25, -0.2) is 0 Å². The van der Waals surface area contributed by atoms with Gasteiger partial charge in [0.25, 0.3) is 0 Å². The second-order valence-electron chi connectivity index (χ2n) is 5.33. The van der Waals surface area contributed by atoms with E-state index >= 15 is 0 Å². The minimum Gasteiger partial charge on any atom is -0.330 e. The lowest BCUT2D eigenvalue weighted by molar-refractivity contribution is -0.119. The number of hydrogen-bond acceptors (Lipinski definition) is 3. The average molecular weight is 291 g/mol. The first kappa shape index (κ1) is 17.7. The Kier molecular flexibility index (Phi) is 8.01. The summed E-state index contributed by atoms with van der Waals surface area (Å²) in [6, 6.07) is 8.01. The molecule has 0 heterocycles. The molecular weight excluding hydrogens is 262 g/mol. The molecule has 21 heavy (non-hydrogen) atoms. The van der Waals surface area contributed by atoms with Crippen LogP contribution in [0, 0.1) is 5.92 Å². The highest BCUT2D eigenvalue weighted by molar-refractivity contribution is 5.93. The molecule has 1 amide bonds. The number of carbonyl (C=O) groups excluding carboxylic acids is 1. The summed E-state index contributed by atoms with van der Waals surface area (Å²) in [5, 5.41) is 3.05. The van der Waals surface area contributed by atoms with Crippen LogP contribution in [-0.4, -0.2) is 30.4 Å². The maximum Gasteiger partial charge on any atom is 0.228 e. The highest BCUT2D eigenvalue weighted by Gasteiger charge is 2.17. The van der Waals surface area contributed by atoms with Crippen LogP contribution in [0.5, 0.6) is 0 Å². The monoisotopic (exact) mass is 291 g/mol. The second-order valence-corrected chi connectivity index (χ2v) is 5.33. The fourth-order valence-electron chi connectivity index (χ4n) is 2.41. The summed E-state index contributed by atoms with van der Waals surface area (Å²) in [7, 11) is 0. The van der Waals surface area contributed by atoms with Gasteiger partial charge < -0.3 is 11.1 Å². The summed E-state index contributed by atoms with van der Waals surface area (Å²) in [5.74, 6) is -0.0668.